The van der Waals surface area contributed by atoms with Crippen molar-refractivity contribution in [2.45, 2.75) is 32.9 Å². The van der Waals surface area contributed by atoms with Crippen LogP contribution in [0.4, 0.5) is 0 Å². The number of nitrogens with zero attached hydrogens (tertiary/aromatic N) is 1. The van der Waals surface area contributed by atoms with Gasteiger partial charge in [-0.1, -0.05) is 24.1 Å². The highest BCUT2D eigenvalue weighted by atomic mass is 16.5. The van der Waals surface area contributed by atoms with Crippen molar-refractivity contribution in [3.05, 3.63) is 41.1 Å². The van der Waals surface area contributed by atoms with Crippen molar-refractivity contribution < 1.29 is 14.3 Å². The van der Waals surface area contributed by atoms with Gasteiger partial charge in [-0.25, -0.2) is 0 Å². The zero-order valence-electron chi connectivity index (χ0n) is 13.4. The molecule has 116 valence electrons. The standard InChI is InChI=1S/C18H21NO3/c1-6-18(22-14(4)21)17-9-7-8-15(12-20)16(17)10-11-19(5)13(2)3/h1,7-13,18H,2-5H3/b11-10-. The quantitative estimate of drug-likeness (QED) is 0.460. The third kappa shape index (κ3) is 4.49. The van der Waals surface area contributed by atoms with E-state index in [9.17, 15) is 9.59 Å². The van der Waals surface area contributed by atoms with Gasteiger partial charge in [0.2, 0.25) is 0 Å². The topological polar surface area (TPSA) is 46.6 Å². The van der Waals surface area contributed by atoms with Gasteiger partial charge in [0.05, 0.1) is 0 Å². The van der Waals surface area contributed by atoms with Crippen LogP contribution in [0.1, 0.15) is 48.4 Å². The van der Waals surface area contributed by atoms with E-state index in [1.54, 1.807) is 18.2 Å². The lowest BCUT2D eigenvalue weighted by atomic mass is 9.97. The van der Waals surface area contributed by atoms with E-state index >= 15 is 0 Å². The zero-order valence-corrected chi connectivity index (χ0v) is 13.4. The lowest BCUT2D eigenvalue weighted by molar-refractivity contribution is -0.144. The summed E-state index contributed by atoms with van der Waals surface area (Å²) in [5, 5.41) is 0. The molecular formula is C18H21NO3. The zero-order chi connectivity index (χ0) is 16.7. The molecule has 0 aliphatic heterocycles. The Hall–Kier alpha value is -2.54. The molecule has 0 saturated carbocycles. The molecule has 0 radical (unpaired) electrons. The van der Waals surface area contributed by atoms with E-state index in [1.807, 2.05) is 24.2 Å². The van der Waals surface area contributed by atoms with Crippen LogP contribution in [0, 0.1) is 12.3 Å². The highest BCUT2D eigenvalue weighted by Gasteiger charge is 2.17. The Labute approximate surface area is 131 Å². The molecule has 0 aliphatic carbocycles. The van der Waals surface area contributed by atoms with E-state index in [2.05, 4.69) is 19.8 Å². The van der Waals surface area contributed by atoms with Gasteiger partial charge in [-0.2, -0.15) is 0 Å². The van der Waals surface area contributed by atoms with Gasteiger partial charge in [0.1, 0.15) is 0 Å². The molecule has 1 atom stereocenters. The van der Waals surface area contributed by atoms with Crippen LogP contribution in [0.5, 0.6) is 0 Å². The van der Waals surface area contributed by atoms with Gasteiger partial charge in [0, 0.05) is 31.1 Å². The molecule has 4 heteroatoms. The fraction of sp³-hybridized carbons (Fsp3) is 0.333. The summed E-state index contributed by atoms with van der Waals surface area (Å²) in [6, 6.07) is 5.50. The average Bonchev–Trinajstić information content (AvgIpc) is 2.49. The Bertz CT molecular complexity index is 611. The van der Waals surface area contributed by atoms with Crippen molar-refractivity contribution in [2.24, 2.45) is 0 Å². The van der Waals surface area contributed by atoms with Crippen molar-refractivity contribution in [2.75, 3.05) is 7.05 Å². The Morgan fingerprint density at radius 3 is 2.59 bits per heavy atom. The minimum absolute atomic E-state index is 0.319. The molecule has 0 heterocycles. The number of carbonyl (C=O) groups is 2. The smallest absolute Gasteiger partial charge is 0.304 e. The first-order valence-electron chi connectivity index (χ1n) is 7.02. The second-order valence-electron chi connectivity index (χ2n) is 5.20. The molecule has 22 heavy (non-hydrogen) atoms. The fourth-order valence-corrected chi connectivity index (χ4v) is 1.84. The number of benzene rings is 1. The maximum atomic E-state index is 11.3. The summed E-state index contributed by atoms with van der Waals surface area (Å²) in [6.07, 6.45) is 9.10. The van der Waals surface area contributed by atoms with E-state index in [1.165, 1.54) is 6.92 Å². The summed E-state index contributed by atoms with van der Waals surface area (Å²) in [5.74, 6) is 1.98. The summed E-state index contributed by atoms with van der Waals surface area (Å²) in [7, 11) is 1.94. The van der Waals surface area contributed by atoms with Crippen molar-refractivity contribution in [1.82, 2.24) is 4.90 Å². The van der Waals surface area contributed by atoms with E-state index in [-0.39, 0.29) is 0 Å². The lowest BCUT2D eigenvalue weighted by Crippen LogP contribution is -2.19. The Kier molecular flexibility index (Phi) is 6.40. The van der Waals surface area contributed by atoms with Crippen LogP contribution in [0.3, 0.4) is 0 Å². The van der Waals surface area contributed by atoms with Crippen molar-refractivity contribution in [3.8, 4) is 12.3 Å². The Morgan fingerprint density at radius 2 is 2.09 bits per heavy atom. The fourth-order valence-electron chi connectivity index (χ4n) is 1.84. The monoisotopic (exact) mass is 299 g/mol. The second kappa shape index (κ2) is 8.04. The van der Waals surface area contributed by atoms with Crippen molar-refractivity contribution >= 4 is 18.3 Å². The molecule has 4 nitrogen and oxygen atoms in total. The van der Waals surface area contributed by atoms with Crippen LogP contribution in [-0.4, -0.2) is 30.2 Å². The van der Waals surface area contributed by atoms with Gasteiger partial charge in [0.15, 0.2) is 12.4 Å². The molecule has 0 aromatic heterocycles. The van der Waals surface area contributed by atoms with E-state index in [4.69, 9.17) is 11.2 Å². The van der Waals surface area contributed by atoms with E-state index < -0.39 is 12.1 Å². The first-order valence-corrected chi connectivity index (χ1v) is 7.02. The van der Waals surface area contributed by atoms with Gasteiger partial charge >= 0.3 is 5.97 Å². The van der Waals surface area contributed by atoms with E-state index in [0.29, 0.717) is 22.7 Å². The number of rotatable bonds is 6. The normalized spacial score (nSPS) is 12.0. The number of ether oxygens (including phenoxy) is 1. The minimum atomic E-state index is -0.818. The van der Waals surface area contributed by atoms with Crippen LogP contribution < -0.4 is 0 Å². The molecule has 0 fully saturated rings. The number of esters is 1. The summed E-state index contributed by atoms with van der Waals surface area (Å²) < 4.78 is 5.14. The van der Waals surface area contributed by atoms with Crippen LogP contribution in [0.15, 0.2) is 24.4 Å². The third-order valence-corrected chi connectivity index (χ3v) is 3.31. The summed E-state index contributed by atoms with van der Waals surface area (Å²) in [4.78, 5) is 24.5. The number of hydrogen-bond acceptors (Lipinski definition) is 4. The minimum Gasteiger partial charge on any atom is -0.444 e. The number of aldehydes is 1. The maximum Gasteiger partial charge on any atom is 0.304 e. The molecule has 0 saturated heterocycles. The van der Waals surface area contributed by atoms with Gasteiger partial charge in [-0.3, -0.25) is 9.59 Å². The van der Waals surface area contributed by atoms with Gasteiger partial charge in [0.25, 0.3) is 0 Å². The van der Waals surface area contributed by atoms with Gasteiger partial charge in [-0.05, 0) is 31.7 Å². The molecule has 0 N–H and O–H groups in total. The Balaban J connectivity index is 3.31. The summed E-state index contributed by atoms with van der Waals surface area (Å²) in [5.41, 5.74) is 1.78. The molecule has 0 bridgehead atoms. The molecule has 0 spiro atoms. The summed E-state index contributed by atoms with van der Waals surface area (Å²) in [6.45, 7) is 5.41. The third-order valence-electron chi connectivity index (χ3n) is 3.31. The van der Waals surface area contributed by atoms with Gasteiger partial charge in [-0.15, -0.1) is 6.42 Å². The highest BCUT2D eigenvalue weighted by molar-refractivity contribution is 5.83. The number of carbonyl (C=O) groups excluding carboxylic acids is 2. The predicted octanol–water partition coefficient (Wildman–Crippen LogP) is 3.05. The molecule has 0 amide bonds. The number of hydrogen-bond donors (Lipinski definition) is 0. The molecule has 1 aromatic carbocycles. The SMILES string of the molecule is C#CC(OC(C)=O)c1cccc(C=O)c1/C=C\N(C)C(C)C. The second-order valence-corrected chi connectivity index (χ2v) is 5.20. The molecular weight excluding hydrogens is 278 g/mol. The highest BCUT2D eigenvalue weighted by Crippen LogP contribution is 2.25. The van der Waals surface area contributed by atoms with Crippen LogP contribution in [0.25, 0.3) is 6.08 Å². The molecule has 1 aromatic rings. The predicted molar refractivity (Wildman–Crippen MR) is 87.1 cm³/mol. The van der Waals surface area contributed by atoms with Crippen LogP contribution in [-0.2, 0) is 9.53 Å². The average molecular weight is 299 g/mol. The first kappa shape index (κ1) is 17.5. The summed E-state index contributed by atoms with van der Waals surface area (Å²) >= 11 is 0. The lowest BCUT2D eigenvalue weighted by Gasteiger charge is -2.20. The van der Waals surface area contributed by atoms with Crippen molar-refractivity contribution in [1.29, 1.82) is 0 Å². The molecule has 1 unspecified atom stereocenters. The first-order chi connectivity index (χ1) is 10.4. The number of terminal acetylenes is 1. The largest absolute Gasteiger partial charge is 0.444 e. The van der Waals surface area contributed by atoms with Crippen molar-refractivity contribution in [3.63, 3.8) is 0 Å². The Morgan fingerprint density at radius 1 is 1.41 bits per heavy atom. The van der Waals surface area contributed by atoms with E-state index in [0.717, 1.165) is 6.29 Å². The molecule has 1 rings (SSSR count). The van der Waals surface area contributed by atoms with Crippen LogP contribution in [0.2, 0.25) is 0 Å². The van der Waals surface area contributed by atoms with Crippen LogP contribution >= 0.6 is 0 Å². The van der Waals surface area contributed by atoms with Gasteiger partial charge < -0.3 is 9.64 Å². The molecule has 0 aliphatic rings. The maximum absolute atomic E-state index is 11.3.